The molecule has 16 heavy (non-hydrogen) atoms. The Kier molecular flexibility index (Phi) is 3.25. The molecule has 3 heteroatoms. The van der Waals surface area contributed by atoms with Crippen molar-refractivity contribution < 1.29 is 4.74 Å². The Morgan fingerprint density at radius 2 is 2.38 bits per heavy atom. The van der Waals surface area contributed by atoms with Gasteiger partial charge in [-0.15, -0.1) is 0 Å². The van der Waals surface area contributed by atoms with Gasteiger partial charge in [-0.1, -0.05) is 6.58 Å². The first-order valence-electron chi connectivity index (χ1n) is 5.65. The summed E-state index contributed by atoms with van der Waals surface area (Å²) in [5.41, 5.74) is 2.15. The molecule has 1 aliphatic rings. The van der Waals surface area contributed by atoms with Crippen LogP contribution in [-0.2, 0) is 4.74 Å². The number of anilines is 1. The maximum atomic E-state index is 5.41. The molecule has 0 spiro atoms. The fourth-order valence-corrected chi connectivity index (χ4v) is 1.88. The predicted molar refractivity (Wildman–Crippen MR) is 66.6 cm³/mol. The lowest BCUT2D eigenvalue weighted by Gasteiger charge is -2.34. The largest absolute Gasteiger partial charge is 0.377 e. The molecule has 0 aromatic carbocycles. The molecule has 1 atom stereocenters. The quantitative estimate of drug-likeness (QED) is 0.762. The Hall–Kier alpha value is -1.35. The number of nitrogens with zero attached hydrogens (tertiary/aromatic N) is 2. The fourth-order valence-electron chi connectivity index (χ4n) is 1.88. The summed E-state index contributed by atoms with van der Waals surface area (Å²) in [6, 6.07) is 4.54. The molecule has 3 nitrogen and oxygen atoms in total. The maximum Gasteiger partial charge on any atom is 0.128 e. The van der Waals surface area contributed by atoms with E-state index in [0.717, 1.165) is 36.7 Å². The predicted octanol–water partition coefficient (Wildman–Crippen LogP) is 2.34. The lowest BCUT2D eigenvalue weighted by atomic mass is 10.1. The van der Waals surface area contributed by atoms with E-state index in [4.69, 9.17) is 4.74 Å². The van der Waals surface area contributed by atoms with Crippen LogP contribution in [0.1, 0.15) is 19.4 Å². The minimum absolute atomic E-state index is 0.400. The summed E-state index contributed by atoms with van der Waals surface area (Å²) in [4.78, 5) is 6.77. The van der Waals surface area contributed by atoms with Gasteiger partial charge in [0.25, 0.3) is 0 Å². The van der Waals surface area contributed by atoms with Crippen molar-refractivity contribution in [3.05, 3.63) is 30.5 Å². The van der Waals surface area contributed by atoms with E-state index in [0.29, 0.717) is 6.04 Å². The van der Waals surface area contributed by atoms with Gasteiger partial charge in [0, 0.05) is 12.7 Å². The van der Waals surface area contributed by atoms with Crippen LogP contribution in [0, 0.1) is 0 Å². The van der Waals surface area contributed by atoms with Gasteiger partial charge in [-0.2, -0.15) is 0 Å². The third-order valence-corrected chi connectivity index (χ3v) is 2.90. The monoisotopic (exact) mass is 218 g/mol. The second-order valence-corrected chi connectivity index (χ2v) is 4.30. The number of hydrogen-bond donors (Lipinski definition) is 0. The lowest BCUT2D eigenvalue weighted by Crippen LogP contribution is -2.44. The van der Waals surface area contributed by atoms with Crippen LogP contribution in [0.15, 0.2) is 24.9 Å². The molecule has 86 valence electrons. The normalized spacial score (nSPS) is 20.9. The third-order valence-electron chi connectivity index (χ3n) is 2.90. The minimum atomic E-state index is 0.400. The van der Waals surface area contributed by atoms with Gasteiger partial charge < -0.3 is 9.64 Å². The van der Waals surface area contributed by atoms with E-state index >= 15 is 0 Å². The molecule has 0 N–H and O–H groups in total. The number of allylic oxidation sites excluding steroid dienone is 1. The number of ether oxygens (including phenoxy) is 1. The highest BCUT2D eigenvalue weighted by Gasteiger charge is 2.19. The van der Waals surface area contributed by atoms with Crippen molar-refractivity contribution in [1.29, 1.82) is 0 Å². The van der Waals surface area contributed by atoms with Gasteiger partial charge in [0.15, 0.2) is 0 Å². The van der Waals surface area contributed by atoms with E-state index in [2.05, 4.69) is 35.5 Å². The zero-order valence-corrected chi connectivity index (χ0v) is 9.94. The summed E-state index contributed by atoms with van der Waals surface area (Å²) >= 11 is 0. The standard InChI is InChI=1S/C13H18N2O/c1-10(2)12-4-5-13(14-8-12)15-6-7-16-9-11(15)3/h4-5,8,11H,1,6-7,9H2,2-3H3/t11-/m1/s1. The Morgan fingerprint density at radius 1 is 1.56 bits per heavy atom. The van der Waals surface area contributed by atoms with Crippen LogP contribution in [0.2, 0.25) is 0 Å². The maximum absolute atomic E-state index is 5.41. The van der Waals surface area contributed by atoms with Crippen LogP contribution in [-0.4, -0.2) is 30.8 Å². The second-order valence-electron chi connectivity index (χ2n) is 4.30. The van der Waals surface area contributed by atoms with Crippen molar-refractivity contribution in [1.82, 2.24) is 4.98 Å². The van der Waals surface area contributed by atoms with Crippen LogP contribution in [0.5, 0.6) is 0 Å². The highest BCUT2D eigenvalue weighted by Crippen LogP contribution is 2.19. The molecule has 1 aromatic heterocycles. The van der Waals surface area contributed by atoms with Gasteiger partial charge in [-0.3, -0.25) is 0 Å². The van der Waals surface area contributed by atoms with E-state index in [1.165, 1.54) is 0 Å². The molecule has 2 heterocycles. The van der Waals surface area contributed by atoms with Crippen LogP contribution in [0.4, 0.5) is 5.82 Å². The number of rotatable bonds is 2. The van der Waals surface area contributed by atoms with Crippen molar-refractivity contribution >= 4 is 11.4 Å². The van der Waals surface area contributed by atoms with Crippen molar-refractivity contribution in [2.24, 2.45) is 0 Å². The van der Waals surface area contributed by atoms with Crippen LogP contribution in [0.3, 0.4) is 0 Å². The Labute approximate surface area is 96.7 Å². The third kappa shape index (κ3) is 2.25. The first-order chi connectivity index (χ1) is 7.68. The fraction of sp³-hybridized carbons (Fsp3) is 0.462. The molecule has 0 unspecified atom stereocenters. The molecular weight excluding hydrogens is 200 g/mol. The summed E-state index contributed by atoms with van der Waals surface area (Å²) in [6.45, 7) is 10.5. The summed E-state index contributed by atoms with van der Waals surface area (Å²) in [6.07, 6.45) is 1.89. The van der Waals surface area contributed by atoms with Gasteiger partial charge in [0.2, 0.25) is 0 Å². The molecule has 1 aromatic rings. The van der Waals surface area contributed by atoms with E-state index in [1.807, 2.05) is 13.1 Å². The van der Waals surface area contributed by atoms with E-state index < -0.39 is 0 Å². The molecule has 1 aliphatic heterocycles. The molecule has 0 amide bonds. The number of aromatic nitrogens is 1. The molecule has 0 bridgehead atoms. The molecule has 2 rings (SSSR count). The van der Waals surface area contributed by atoms with E-state index in [1.54, 1.807) is 0 Å². The first kappa shape index (κ1) is 11.1. The number of morpholine rings is 1. The van der Waals surface area contributed by atoms with Gasteiger partial charge in [-0.25, -0.2) is 4.98 Å². The summed E-state index contributed by atoms with van der Waals surface area (Å²) in [5.74, 6) is 1.03. The van der Waals surface area contributed by atoms with Crippen LogP contribution < -0.4 is 4.90 Å². The van der Waals surface area contributed by atoms with E-state index in [-0.39, 0.29) is 0 Å². The summed E-state index contributed by atoms with van der Waals surface area (Å²) < 4.78 is 5.41. The van der Waals surface area contributed by atoms with Crippen molar-refractivity contribution in [2.45, 2.75) is 19.9 Å². The number of hydrogen-bond acceptors (Lipinski definition) is 3. The zero-order valence-electron chi connectivity index (χ0n) is 9.94. The minimum Gasteiger partial charge on any atom is -0.377 e. The van der Waals surface area contributed by atoms with Gasteiger partial charge in [0.05, 0.1) is 19.3 Å². The van der Waals surface area contributed by atoms with Gasteiger partial charge in [-0.05, 0) is 37.1 Å². The van der Waals surface area contributed by atoms with Crippen molar-refractivity contribution in [3.8, 4) is 0 Å². The molecule has 0 radical (unpaired) electrons. The summed E-state index contributed by atoms with van der Waals surface area (Å²) in [5, 5.41) is 0. The van der Waals surface area contributed by atoms with Crippen molar-refractivity contribution in [3.63, 3.8) is 0 Å². The molecular formula is C13H18N2O. The van der Waals surface area contributed by atoms with Crippen LogP contribution in [0.25, 0.3) is 5.57 Å². The smallest absolute Gasteiger partial charge is 0.128 e. The lowest BCUT2D eigenvalue weighted by molar-refractivity contribution is 0.0985. The highest BCUT2D eigenvalue weighted by atomic mass is 16.5. The first-order valence-corrected chi connectivity index (χ1v) is 5.65. The van der Waals surface area contributed by atoms with Crippen molar-refractivity contribution in [2.75, 3.05) is 24.7 Å². The zero-order chi connectivity index (χ0) is 11.5. The van der Waals surface area contributed by atoms with Gasteiger partial charge >= 0.3 is 0 Å². The SMILES string of the molecule is C=C(C)c1ccc(N2CCOC[C@H]2C)nc1. The number of pyridine rings is 1. The highest BCUT2D eigenvalue weighted by molar-refractivity contribution is 5.61. The molecule has 0 aliphatic carbocycles. The molecule has 1 fully saturated rings. The Bertz CT molecular complexity index is 372. The Balaban J connectivity index is 2.17. The molecule has 0 saturated carbocycles. The Morgan fingerprint density at radius 3 is 2.94 bits per heavy atom. The average Bonchev–Trinajstić information content (AvgIpc) is 2.30. The average molecular weight is 218 g/mol. The van der Waals surface area contributed by atoms with Crippen LogP contribution >= 0.6 is 0 Å². The summed E-state index contributed by atoms with van der Waals surface area (Å²) in [7, 11) is 0. The van der Waals surface area contributed by atoms with Gasteiger partial charge in [0.1, 0.15) is 5.82 Å². The molecule has 1 saturated heterocycles. The van der Waals surface area contributed by atoms with E-state index in [9.17, 15) is 0 Å². The second kappa shape index (κ2) is 4.66. The topological polar surface area (TPSA) is 25.4 Å².